The van der Waals surface area contributed by atoms with Gasteiger partial charge in [-0.25, -0.2) is 4.79 Å². The number of aryl methyl sites for hydroxylation is 3. The molecule has 0 spiro atoms. The summed E-state index contributed by atoms with van der Waals surface area (Å²) < 4.78 is 1.31. The van der Waals surface area contributed by atoms with Gasteiger partial charge in [-0.1, -0.05) is 23.8 Å². The first-order chi connectivity index (χ1) is 8.52. The highest BCUT2D eigenvalue weighted by atomic mass is 16.1. The molecule has 0 aliphatic heterocycles. The zero-order chi connectivity index (χ0) is 13.3. The van der Waals surface area contributed by atoms with E-state index in [1.165, 1.54) is 10.8 Å². The molecular formula is C14H13N3O. The van der Waals surface area contributed by atoms with Crippen molar-refractivity contribution in [3.05, 3.63) is 51.6 Å². The van der Waals surface area contributed by atoms with Crippen molar-refractivity contribution in [1.29, 1.82) is 5.26 Å². The molecule has 1 aromatic carbocycles. The van der Waals surface area contributed by atoms with E-state index in [1.54, 1.807) is 7.05 Å². The topological polar surface area (TPSA) is 58.7 Å². The Hall–Kier alpha value is -2.41. The molecule has 0 bridgehead atoms. The summed E-state index contributed by atoms with van der Waals surface area (Å²) in [5, 5.41) is 9.14. The number of nitriles is 1. The van der Waals surface area contributed by atoms with E-state index in [0.717, 1.165) is 16.7 Å². The summed E-state index contributed by atoms with van der Waals surface area (Å²) in [6.45, 7) is 3.95. The maximum absolute atomic E-state index is 11.6. The average molecular weight is 239 g/mol. The summed E-state index contributed by atoms with van der Waals surface area (Å²) in [7, 11) is 1.59. The van der Waals surface area contributed by atoms with Crippen molar-refractivity contribution in [2.75, 3.05) is 0 Å². The molecule has 0 atom stereocenters. The molecular weight excluding hydrogens is 226 g/mol. The third-order valence-corrected chi connectivity index (χ3v) is 2.84. The van der Waals surface area contributed by atoms with Crippen molar-refractivity contribution in [2.24, 2.45) is 7.05 Å². The maximum Gasteiger partial charge on any atom is 0.347 e. The van der Waals surface area contributed by atoms with E-state index in [9.17, 15) is 4.79 Å². The van der Waals surface area contributed by atoms with Gasteiger partial charge in [-0.3, -0.25) is 0 Å². The van der Waals surface area contributed by atoms with Crippen LogP contribution in [-0.4, -0.2) is 9.55 Å². The van der Waals surface area contributed by atoms with Crippen LogP contribution in [0.25, 0.3) is 11.3 Å². The molecule has 0 aliphatic carbocycles. The van der Waals surface area contributed by atoms with Crippen LogP contribution in [0.3, 0.4) is 0 Å². The van der Waals surface area contributed by atoms with Crippen molar-refractivity contribution in [2.45, 2.75) is 13.8 Å². The summed E-state index contributed by atoms with van der Waals surface area (Å²) in [6.07, 6.45) is 1.52. The largest absolute Gasteiger partial charge is 0.347 e. The number of benzene rings is 1. The number of rotatable bonds is 1. The first-order valence-electron chi connectivity index (χ1n) is 5.58. The molecule has 90 valence electrons. The minimum absolute atomic E-state index is 0.357. The summed E-state index contributed by atoms with van der Waals surface area (Å²) >= 11 is 0. The van der Waals surface area contributed by atoms with Crippen molar-refractivity contribution in [3.63, 3.8) is 0 Å². The van der Waals surface area contributed by atoms with Crippen LogP contribution in [0, 0.1) is 25.2 Å². The molecule has 0 unspecified atom stereocenters. The molecule has 18 heavy (non-hydrogen) atoms. The van der Waals surface area contributed by atoms with Crippen LogP contribution in [0.2, 0.25) is 0 Å². The SMILES string of the molecule is Cc1ccc(-c2nc(=O)n(C)cc2C#N)c(C)c1. The molecule has 0 saturated heterocycles. The summed E-state index contributed by atoms with van der Waals surface area (Å²) in [4.78, 5) is 15.6. The Morgan fingerprint density at radius 2 is 2.06 bits per heavy atom. The average Bonchev–Trinajstić information content (AvgIpc) is 2.32. The van der Waals surface area contributed by atoms with Gasteiger partial charge >= 0.3 is 5.69 Å². The van der Waals surface area contributed by atoms with Gasteiger partial charge in [0.1, 0.15) is 6.07 Å². The minimum atomic E-state index is -0.357. The van der Waals surface area contributed by atoms with E-state index in [2.05, 4.69) is 11.1 Å². The van der Waals surface area contributed by atoms with Crippen molar-refractivity contribution in [3.8, 4) is 17.3 Å². The highest BCUT2D eigenvalue weighted by Gasteiger charge is 2.11. The lowest BCUT2D eigenvalue weighted by molar-refractivity contribution is 0.809. The Labute approximate surface area is 105 Å². The summed E-state index contributed by atoms with van der Waals surface area (Å²) in [5.74, 6) is 0. The number of hydrogen-bond donors (Lipinski definition) is 0. The van der Waals surface area contributed by atoms with Crippen LogP contribution in [0.5, 0.6) is 0 Å². The Morgan fingerprint density at radius 3 is 2.67 bits per heavy atom. The van der Waals surface area contributed by atoms with Gasteiger partial charge in [-0.15, -0.1) is 0 Å². The highest BCUT2D eigenvalue weighted by molar-refractivity contribution is 5.69. The van der Waals surface area contributed by atoms with Crippen molar-refractivity contribution in [1.82, 2.24) is 9.55 Å². The van der Waals surface area contributed by atoms with Gasteiger partial charge in [0, 0.05) is 18.8 Å². The highest BCUT2D eigenvalue weighted by Crippen LogP contribution is 2.24. The fraction of sp³-hybridized carbons (Fsp3) is 0.214. The molecule has 0 N–H and O–H groups in total. The Kier molecular flexibility index (Phi) is 2.99. The smallest absolute Gasteiger partial charge is 0.301 e. The van der Waals surface area contributed by atoms with Gasteiger partial charge in [-0.05, 0) is 19.4 Å². The first kappa shape index (κ1) is 12.1. The molecule has 1 heterocycles. The van der Waals surface area contributed by atoms with Crippen molar-refractivity contribution < 1.29 is 0 Å². The third-order valence-electron chi connectivity index (χ3n) is 2.84. The van der Waals surface area contributed by atoms with Gasteiger partial charge in [0.05, 0.1) is 11.3 Å². The zero-order valence-corrected chi connectivity index (χ0v) is 10.6. The fourth-order valence-electron chi connectivity index (χ4n) is 1.91. The van der Waals surface area contributed by atoms with E-state index < -0.39 is 0 Å². The van der Waals surface area contributed by atoms with Crippen LogP contribution in [0.1, 0.15) is 16.7 Å². The second-order valence-corrected chi connectivity index (χ2v) is 4.33. The molecule has 4 heteroatoms. The predicted octanol–water partition coefficient (Wildman–Crippen LogP) is 1.94. The molecule has 0 aliphatic rings. The maximum atomic E-state index is 11.6. The van der Waals surface area contributed by atoms with Gasteiger partial charge in [-0.2, -0.15) is 10.2 Å². The molecule has 1 aromatic heterocycles. The molecule has 0 fully saturated rings. The van der Waals surface area contributed by atoms with Crippen LogP contribution in [0.15, 0.2) is 29.2 Å². The van der Waals surface area contributed by atoms with Gasteiger partial charge in [0.2, 0.25) is 0 Å². The first-order valence-corrected chi connectivity index (χ1v) is 5.58. The van der Waals surface area contributed by atoms with Crippen LogP contribution in [-0.2, 0) is 7.05 Å². The standard InChI is InChI=1S/C14H13N3O/c1-9-4-5-12(10(2)6-9)13-11(7-15)8-17(3)14(18)16-13/h4-6,8H,1-3H3. The fourth-order valence-corrected chi connectivity index (χ4v) is 1.91. The third kappa shape index (κ3) is 2.03. The van der Waals surface area contributed by atoms with Crippen LogP contribution >= 0.6 is 0 Å². The van der Waals surface area contributed by atoms with Gasteiger partial charge in [0.15, 0.2) is 0 Å². The van der Waals surface area contributed by atoms with E-state index >= 15 is 0 Å². The number of hydrogen-bond acceptors (Lipinski definition) is 3. The van der Waals surface area contributed by atoms with Gasteiger partial charge < -0.3 is 4.57 Å². The van der Waals surface area contributed by atoms with Crippen LogP contribution < -0.4 is 5.69 Å². The Balaban J connectivity index is 2.75. The van der Waals surface area contributed by atoms with E-state index in [0.29, 0.717) is 11.3 Å². The normalized spacial score (nSPS) is 10.1. The molecule has 0 radical (unpaired) electrons. The second kappa shape index (κ2) is 4.46. The van der Waals surface area contributed by atoms with Crippen molar-refractivity contribution >= 4 is 0 Å². The lowest BCUT2D eigenvalue weighted by Crippen LogP contribution is -2.21. The minimum Gasteiger partial charge on any atom is -0.301 e. The zero-order valence-electron chi connectivity index (χ0n) is 10.6. The summed E-state index contributed by atoms with van der Waals surface area (Å²) in [6, 6.07) is 7.93. The molecule has 0 amide bonds. The second-order valence-electron chi connectivity index (χ2n) is 4.33. The predicted molar refractivity (Wildman–Crippen MR) is 69.1 cm³/mol. The number of nitrogens with zero attached hydrogens (tertiary/aromatic N) is 3. The molecule has 2 rings (SSSR count). The molecule has 2 aromatic rings. The molecule has 4 nitrogen and oxygen atoms in total. The van der Waals surface area contributed by atoms with E-state index in [4.69, 9.17) is 5.26 Å². The van der Waals surface area contributed by atoms with E-state index in [1.807, 2.05) is 32.0 Å². The van der Waals surface area contributed by atoms with E-state index in [-0.39, 0.29) is 5.69 Å². The summed E-state index contributed by atoms with van der Waals surface area (Å²) in [5.41, 5.74) is 3.48. The Bertz CT molecular complexity index is 708. The number of aromatic nitrogens is 2. The Morgan fingerprint density at radius 1 is 1.33 bits per heavy atom. The quantitative estimate of drug-likeness (QED) is 0.764. The monoisotopic (exact) mass is 239 g/mol. The van der Waals surface area contributed by atoms with Gasteiger partial charge in [0.25, 0.3) is 0 Å². The lowest BCUT2D eigenvalue weighted by Gasteiger charge is -2.08. The van der Waals surface area contributed by atoms with Crippen LogP contribution in [0.4, 0.5) is 0 Å². The lowest BCUT2D eigenvalue weighted by atomic mass is 10.0. The molecule has 0 saturated carbocycles.